The van der Waals surface area contributed by atoms with Crippen LogP contribution in [0, 0.1) is 5.41 Å². The van der Waals surface area contributed by atoms with Crippen LogP contribution >= 0.6 is 23.2 Å². The quantitative estimate of drug-likeness (QED) is 0.770. The fourth-order valence-corrected chi connectivity index (χ4v) is 3.39. The standard InChI is InChI=1S/C15H22Cl2N2O4S/c1-5-24(21,22)19-9-15(14(2,3)4,23-13(18)20)10-7-6-8-11(16)12(10)17/h6-8,19H,5,9H2,1-4H3,(H2,18,20). The molecule has 0 fully saturated rings. The molecule has 0 aromatic heterocycles. The number of nitrogens with two attached hydrogens (primary N) is 1. The van der Waals surface area contributed by atoms with Crippen molar-refractivity contribution >= 4 is 39.3 Å². The number of nitrogens with one attached hydrogen (secondary N) is 1. The number of amides is 1. The van der Waals surface area contributed by atoms with E-state index in [9.17, 15) is 13.2 Å². The fraction of sp³-hybridized carbons (Fsp3) is 0.533. The van der Waals surface area contributed by atoms with E-state index in [2.05, 4.69) is 4.72 Å². The first-order valence-corrected chi connectivity index (χ1v) is 9.67. The SMILES string of the molecule is CCS(=O)(=O)NCC(OC(N)=O)(c1cccc(Cl)c1Cl)C(C)(C)C. The molecule has 0 saturated heterocycles. The number of benzene rings is 1. The van der Waals surface area contributed by atoms with Gasteiger partial charge >= 0.3 is 6.09 Å². The van der Waals surface area contributed by atoms with Crippen LogP contribution in [0.25, 0.3) is 0 Å². The van der Waals surface area contributed by atoms with Gasteiger partial charge in [-0.2, -0.15) is 0 Å². The number of primary amides is 1. The van der Waals surface area contributed by atoms with Crippen LogP contribution in [0.15, 0.2) is 18.2 Å². The van der Waals surface area contributed by atoms with Gasteiger partial charge in [0.15, 0.2) is 5.60 Å². The van der Waals surface area contributed by atoms with Crippen LogP contribution in [0.2, 0.25) is 10.0 Å². The maximum absolute atomic E-state index is 11.9. The van der Waals surface area contributed by atoms with Gasteiger partial charge in [-0.1, -0.05) is 56.1 Å². The van der Waals surface area contributed by atoms with Gasteiger partial charge in [-0.25, -0.2) is 17.9 Å². The predicted molar refractivity (Wildman–Crippen MR) is 95.7 cm³/mol. The molecule has 1 aromatic carbocycles. The van der Waals surface area contributed by atoms with Crippen molar-refractivity contribution in [1.29, 1.82) is 0 Å². The van der Waals surface area contributed by atoms with Crippen molar-refractivity contribution in [2.75, 3.05) is 12.3 Å². The van der Waals surface area contributed by atoms with E-state index in [0.717, 1.165) is 0 Å². The van der Waals surface area contributed by atoms with Crippen molar-refractivity contribution in [1.82, 2.24) is 4.72 Å². The van der Waals surface area contributed by atoms with E-state index in [1.54, 1.807) is 39.0 Å². The van der Waals surface area contributed by atoms with Crippen molar-refractivity contribution in [3.8, 4) is 0 Å². The van der Waals surface area contributed by atoms with E-state index in [0.29, 0.717) is 5.56 Å². The Morgan fingerprint density at radius 1 is 1.29 bits per heavy atom. The Bertz CT molecular complexity index is 717. The van der Waals surface area contributed by atoms with E-state index in [4.69, 9.17) is 33.7 Å². The molecule has 1 unspecified atom stereocenters. The molecule has 1 rings (SSSR count). The molecular formula is C15H22Cl2N2O4S. The average molecular weight is 397 g/mol. The van der Waals surface area contributed by atoms with E-state index in [1.165, 1.54) is 6.92 Å². The molecule has 0 heterocycles. The molecule has 1 aromatic rings. The Hall–Kier alpha value is -1.02. The monoisotopic (exact) mass is 396 g/mol. The molecule has 1 amide bonds. The molecule has 0 bridgehead atoms. The summed E-state index contributed by atoms with van der Waals surface area (Å²) in [4.78, 5) is 11.6. The average Bonchev–Trinajstić information content (AvgIpc) is 2.45. The Balaban J connectivity index is 3.59. The highest BCUT2D eigenvalue weighted by Crippen LogP contribution is 2.46. The molecule has 6 nitrogen and oxygen atoms in total. The summed E-state index contributed by atoms with van der Waals surface area (Å²) >= 11 is 12.4. The number of ether oxygens (including phenoxy) is 1. The summed E-state index contributed by atoms with van der Waals surface area (Å²) in [5, 5.41) is 0.431. The van der Waals surface area contributed by atoms with Crippen LogP contribution in [0.1, 0.15) is 33.3 Å². The zero-order chi connectivity index (χ0) is 18.8. The first-order valence-electron chi connectivity index (χ1n) is 7.26. The highest BCUT2D eigenvalue weighted by molar-refractivity contribution is 7.89. The smallest absolute Gasteiger partial charge is 0.405 e. The highest BCUT2D eigenvalue weighted by atomic mass is 35.5. The van der Waals surface area contributed by atoms with E-state index in [1.807, 2.05) is 0 Å². The number of carbonyl (C=O) groups is 1. The number of rotatable bonds is 6. The molecule has 9 heteroatoms. The van der Waals surface area contributed by atoms with Crippen LogP contribution < -0.4 is 10.5 Å². The lowest BCUT2D eigenvalue weighted by Crippen LogP contribution is -2.53. The summed E-state index contributed by atoms with van der Waals surface area (Å²) in [5.41, 5.74) is 3.45. The first-order chi connectivity index (χ1) is 10.9. The van der Waals surface area contributed by atoms with Crippen molar-refractivity contribution in [3.63, 3.8) is 0 Å². The van der Waals surface area contributed by atoms with Gasteiger partial charge in [0.1, 0.15) is 0 Å². The molecule has 0 radical (unpaired) electrons. The first kappa shape index (κ1) is 21.0. The molecule has 0 saturated carbocycles. The Labute approximate surface area is 152 Å². The number of carbonyl (C=O) groups excluding carboxylic acids is 1. The van der Waals surface area contributed by atoms with E-state index in [-0.39, 0.29) is 22.3 Å². The third-order valence-corrected chi connectivity index (χ3v) is 5.96. The minimum atomic E-state index is -3.54. The molecule has 24 heavy (non-hydrogen) atoms. The van der Waals surface area contributed by atoms with Gasteiger partial charge in [0, 0.05) is 11.0 Å². The second kappa shape index (κ2) is 7.47. The lowest BCUT2D eigenvalue weighted by Gasteiger charge is -2.44. The lowest BCUT2D eigenvalue weighted by atomic mass is 9.72. The molecule has 0 aliphatic carbocycles. The van der Waals surface area contributed by atoms with Crippen molar-refractivity contribution in [2.45, 2.75) is 33.3 Å². The second-order valence-electron chi connectivity index (χ2n) is 6.32. The van der Waals surface area contributed by atoms with Gasteiger partial charge in [0.2, 0.25) is 10.0 Å². The van der Waals surface area contributed by atoms with Crippen LogP contribution in [0.4, 0.5) is 4.79 Å². The van der Waals surface area contributed by atoms with Gasteiger partial charge in [0.25, 0.3) is 0 Å². The molecule has 3 N–H and O–H groups in total. The summed E-state index contributed by atoms with van der Waals surface area (Å²) in [5.74, 6) is -0.118. The zero-order valence-electron chi connectivity index (χ0n) is 14.0. The molecular weight excluding hydrogens is 375 g/mol. The normalized spacial score (nSPS) is 14.9. The second-order valence-corrected chi connectivity index (χ2v) is 9.20. The predicted octanol–water partition coefficient (Wildman–Crippen LogP) is 3.27. The van der Waals surface area contributed by atoms with Crippen molar-refractivity contribution < 1.29 is 17.9 Å². The maximum Gasteiger partial charge on any atom is 0.405 e. The van der Waals surface area contributed by atoms with Crippen LogP contribution in [-0.4, -0.2) is 26.8 Å². The summed E-state index contributed by atoms with van der Waals surface area (Å²) in [6.45, 7) is 6.63. The third kappa shape index (κ3) is 4.53. The van der Waals surface area contributed by atoms with Crippen LogP contribution in [-0.2, 0) is 20.4 Å². The lowest BCUT2D eigenvalue weighted by molar-refractivity contribution is -0.0660. The van der Waals surface area contributed by atoms with E-state index < -0.39 is 27.1 Å². The number of halogens is 2. The van der Waals surface area contributed by atoms with Gasteiger partial charge in [-0.3, -0.25) is 0 Å². The Morgan fingerprint density at radius 2 is 1.88 bits per heavy atom. The summed E-state index contributed by atoms with van der Waals surface area (Å²) < 4.78 is 31.7. The van der Waals surface area contributed by atoms with Gasteiger partial charge in [-0.15, -0.1) is 0 Å². The Kier molecular flexibility index (Phi) is 6.55. The summed E-state index contributed by atoms with van der Waals surface area (Å²) in [6, 6.07) is 4.85. The number of hydrogen-bond donors (Lipinski definition) is 2. The summed E-state index contributed by atoms with van der Waals surface area (Å²) in [7, 11) is -3.54. The molecule has 0 spiro atoms. The highest BCUT2D eigenvalue weighted by Gasteiger charge is 2.49. The topological polar surface area (TPSA) is 98.5 Å². The van der Waals surface area contributed by atoms with E-state index >= 15 is 0 Å². The molecule has 0 aliphatic rings. The molecule has 0 aliphatic heterocycles. The fourth-order valence-electron chi connectivity index (χ4n) is 2.31. The summed E-state index contributed by atoms with van der Waals surface area (Å²) in [6.07, 6.45) is -1.04. The maximum atomic E-state index is 11.9. The number of hydrogen-bond acceptors (Lipinski definition) is 4. The Morgan fingerprint density at radius 3 is 2.33 bits per heavy atom. The van der Waals surface area contributed by atoms with Crippen molar-refractivity contribution in [2.24, 2.45) is 11.1 Å². The molecule has 136 valence electrons. The number of sulfonamides is 1. The van der Waals surface area contributed by atoms with Crippen molar-refractivity contribution in [3.05, 3.63) is 33.8 Å². The minimum absolute atomic E-state index is 0.118. The largest absolute Gasteiger partial charge is 0.436 e. The minimum Gasteiger partial charge on any atom is -0.436 e. The van der Waals surface area contributed by atoms with Gasteiger partial charge in [-0.05, 0) is 13.0 Å². The van der Waals surface area contributed by atoms with Crippen LogP contribution in [0.5, 0.6) is 0 Å². The zero-order valence-corrected chi connectivity index (χ0v) is 16.3. The van der Waals surface area contributed by atoms with Crippen LogP contribution in [0.3, 0.4) is 0 Å². The van der Waals surface area contributed by atoms with Gasteiger partial charge < -0.3 is 10.5 Å². The molecule has 1 atom stereocenters. The third-order valence-electron chi connectivity index (χ3n) is 3.79. The van der Waals surface area contributed by atoms with Gasteiger partial charge in [0.05, 0.1) is 22.3 Å².